The lowest BCUT2D eigenvalue weighted by molar-refractivity contribution is -0.538. The van der Waals surface area contributed by atoms with Gasteiger partial charge in [-0.2, -0.15) is 0 Å². The Balaban J connectivity index is 1.38. The first-order valence-electron chi connectivity index (χ1n) is 16.0. The summed E-state index contributed by atoms with van der Waals surface area (Å²) < 4.78 is 2.29. The zero-order valence-electron chi connectivity index (χ0n) is 26.1. The van der Waals surface area contributed by atoms with Crippen molar-refractivity contribution in [2.45, 2.75) is 0 Å². The first kappa shape index (κ1) is 28.8. The summed E-state index contributed by atoms with van der Waals surface area (Å²) in [5.41, 5.74) is 12.4. The van der Waals surface area contributed by atoms with Gasteiger partial charge in [0.25, 0.3) is 0 Å². The van der Waals surface area contributed by atoms with Gasteiger partial charge in [-0.1, -0.05) is 91.0 Å². The lowest BCUT2D eigenvalue weighted by atomic mass is 10.1. The van der Waals surface area contributed by atoms with Crippen molar-refractivity contribution in [2.24, 2.45) is 0 Å². The van der Waals surface area contributed by atoms with Crippen molar-refractivity contribution in [1.82, 2.24) is 4.98 Å². The van der Waals surface area contributed by atoms with Gasteiger partial charge in [-0.05, 0) is 60.7 Å². The van der Waals surface area contributed by atoms with Gasteiger partial charge in [0.05, 0.1) is 22.7 Å². The second-order valence-electron chi connectivity index (χ2n) is 11.5. The first-order valence-corrected chi connectivity index (χ1v) is 16.0. The third-order valence-electron chi connectivity index (χ3n) is 8.18. The number of hydrogen-bond acceptors (Lipinski definition) is 5. The Labute approximate surface area is 279 Å². The van der Waals surface area contributed by atoms with E-state index in [2.05, 4.69) is 123 Å². The number of benzene rings is 7. The maximum atomic E-state index is 5.31. The molecule has 7 aromatic carbocycles. The maximum Gasteiger partial charge on any atom is 0.239 e. The molecular formula is C42H33N6+. The molecule has 8 aromatic rings. The molecule has 0 aliphatic carbocycles. The fraction of sp³-hybridized carbons (Fsp3) is 0. The Morgan fingerprint density at radius 1 is 0.333 bits per heavy atom. The van der Waals surface area contributed by atoms with E-state index in [9.17, 15) is 0 Å². The summed E-state index contributed by atoms with van der Waals surface area (Å²) in [6.45, 7) is 0. The van der Waals surface area contributed by atoms with Gasteiger partial charge in [-0.25, -0.2) is 4.98 Å². The molecule has 0 saturated heterocycles. The van der Waals surface area contributed by atoms with E-state index in [0.29, 0.717) is 0 Å². The van der Waals surface area contributed by atoms with Crippen LogP contribution in [-0.4, -0.2) is 4.98 Å². The quantitative estimate of drug-likeness (QED) is 0.0954. The highest BCUT2D eigenvalue weighted by Crippen LogP contribution is 2.36. The first-order chi connectivity index (χ1) is 23.8. The third kappa shape index (κ3) is 6.10. The van der Waals surface area contributed by atoms with Gasteiger partial charge in [0.15, 0.2) is 0 Å². The van der Waals surface area contributed by atoms with Crippen LogP contribution in [0.25, 0.3) is 27.8 Å². The van der Waals surface area contributed by atoms with Gasteiger partial charge in [-0.3, -0.25) is 0 Å². The van der Waals surface area contributed by atoms with Gasteiger partial charge in [0.1, 0.15) is 11.0 Å². The fourth-order valence-corrected chi connectivity index (χ4v) is 5.93. The summed E-state index contributed by atoms with van der Waals surface area (Å²) >= 11 is 0. The number of para-hydroxylation sites is 5. The average Bonchev–Trinajstić information content (AvgIpc) is 3.13. The molecule has 0 radical (unpaired) electrons. The van der Waals surface area contributed by atoms with Gasteiger partial charge in [0.2, 0.25) is 16.7 Å². The Hall–Kier alpha value is -6.66. The normalized spacial score (nSPS) is 10.9. The molecule has 230 valence electrons. The molecule has 8 rings (SSSR count). The number of nitrogens with one attached hydrogen (secondary N) is 4. The van der Waals surface area contributed by atoms with Crippen LogP contribution < -0.4 is 25.8 Å². The Kier molecular flexibility index (Phi) is 7.79. The maximum absolute atomic E-state index is 5.31. The van der Waals surface area contributed by atoms with Gasteiger partial charge < -0.3 is 21.3 Å². The lowest BCUT2D eigenvalue weighted by Gasteiger charge is -2.17. The van der Waals surface area contributed by atoms with Crippen LogP contribution in [0.15, 0.2) is 176 Å². The average molecular weight is 622 g/mol. The Bertz CT molecular complexity index is 2170. The highest BCUT2D eigenvalue weighted by Gasteiger charge is 2.24. The van der Waals surface area contributed by atoms with Crippen molar-refractivity contribution in [3.8, 4) is 5.69 Å². The smallest absolute Gasteiger partial charge is 0.239 e. The van der Waals surface area contributed by atoms with E-state index in [-0.39, 0.29) is 0 Å². The number of fused-ring (bicyclic) bond motifs is 2. The molecule has 6 nitrogen and oxygen atoms in total. The minimum atomic E-state index is 0.859. The van der Waals surface area contributed by atoms with E-state index in [0.717, 1.165) is 73.3 Å². The second kappa shape index (κ2) is 13.0. The van der Waals surface area contributed by atoms with E-state index in [1.54, 1.807) is 0 Å². The van der Waals surface area contributed by atoms with Crippen LogP contribution in [0.3, 0.4) is 0 Å². The van der Waals surface area contributed by atoms with Crippen molar-refractivity contribution in [2.75, 3.05) is 21.3 Å². The summed E-state index contributed by atoms with van der Waals surface area (Å²) in [5.74, 6) is 0. The number of aromatic nitrogens is 2. The molecule has 0 aliphatic heterocycles. The standard InChI is InChI=1S/C42H32N6/c1-6-16-30(17-7-1)43-35-26-39-41(28-37(35)45-32-20-10-3-11-21-32)48(34-24-14-5-15-25-34)42-29-38(46-33-22-12-4-13-23-33)36(27-40(42)47-39)44-31-18-8-2-9-19-31/h1-29H,(H3,43,44,45,46,47)/p+1. The molecule has 4 N–H and O–H groups in total. The van der Waals surface area contributed by atoms with Crippen LogP contribution in [0, 0.1) is 0 Å². The van der Waals surface area contributed by atoms with Crippen LogP contribution in [0.2, 0.25) is 0 Å². The van der Waals surface area contributed by atoms with Gasteiger partial charge >= 0.3 is 0 Å². The SMILES string of the molecule is c1ccc(Nc2cc3nc4cc(Nc5ccccc5)c(Nc5ccccc5)cc4[n+](-c4ccccc4)c3cc2Nc2ccccc2)cc1. The minimum absolute atomic E-state index is 0.859. The molecule has 1 heterocycles. The predicted octanol–water partition coefficient (Wildman–Crippen LogP) is 10.6. The number of rotatable bonds is 9. The largest absolute Gasteiger partial charge is 0.354 e. The van der Waals surface area contributed by atoms with E-state index >= 15 is 0 Å². The fourth-order valence-electron chi connectivity index (χ4n) is 5.93. The molecular weight excluding hydrogens is 589 g/mol. The Morgan fingerprint density at radius 3 is 0.958 bits per heavy atom. The molecule has 0 aliphatic rings. The van der Waals surface area contributed by atoms with Crippen molar-refractivity contribution in [1.29, 1.82) is 0 Å². The summed E-state index contributed by atoms with van der Waals surface area (Å²) in [6, 6.07) is 60.0. The molecule has 6 heteroatoms. The summed E-state index contributed by atoms with van der Waals surface area (Å²) in [7, 11) is 0. The highest BCUT2D eigenvalue weighted by molar-refractivity contribution is 5.95. The van der Waals surface area contributed by atoms with E-state index in [4.69, 9.17) is 4.98 Å². The molecule has 1 aromatic heterocycles. The highest BCUT2D eigenvalue weighted by atomic mass is 15.0. The topological polar surface area (TPSA) is 64.9 Å². The van der Waals surface area contributed by atoms with Crippen LogP contribution >= 0.6 is 0 Å². The zero-order valence-corrected chi connectivity index (χ0v) is 26.1. The van der Waals surface area contributed by atoms with Crippen LogP contribution in [0.1, 0.15) is 0 Å². The minimum Gasteiger partial charge on any atom is -0.354 e. The molecule has 0 atom stereocenters. The summed E-state index contributed by atoms with van der Waals surface area (Å²) in [6.07, 6.45) is 0. The monoisotopic (exact) mass is 621 g/mol. The van der Waals surface area contributed by atoms with Crippen molar-refractivity contribution in [3.05, 3.63) is 176 Å². The molecule has 0 spiro atoms. The van der Waals surface area contributed by atoms with Crippen molar-refractivity contribution in [3.63, 3.8) is 0 Å². The molecule has 0 fully saturated rings. The van der Waals surface area contributed by atoms with Crippen LogP contribution in [-0.2, 0) is 0 Å². The molecule has 0 saturated carbocycles. The molecule has 48 heavy (non-hydrogen) atoms. The summed E-state index contributed by atoms with van der Waals surface area (Å²) in [4.78, 5) is 5.31. The van der Waals surface area contributed by atoms with Crippen LogP contribution in [0.4, 0.5) is 45.5 Å². The summed E-state index contributed by atoms with van der Waals surface area (Å²) in [5, 5.41) is 14.6. The predicted molar refractivity (Wildman–Crippen MR) is 200 cm³/mol. The number of anilines is 8. The van der Waals surface area contributed by atoms with Gasteiger partial charge in [0, 0.05) is 47.0 Å². The van der Waals surface area contributed by atoms with E-state index in [1.807, 2.05) is 78.9 Å². The number of hydrogen-bond donors (Lipinski definition) is 4. The van der Waals surface area contributed by atoms with Crippen LogP contribution in [0.5, 0.6) is 0 Å². The molecule has 0 unspecified atom stereocenters. The van der Waals surface area contributed by atoms with Gasteiger partial charge in [-0.15, -0.1) is 4.57 Å². The number of nitrogens with zero attached hydrogens (tertiary/aromatic N) is 2. The zero-order chi connectivity index (χ0) is 32.1. The molecule has 0 bridgehead atoms. The van der Waals surface area contributed by atoms with Crippen molar-refractivity contribution < 1.29 is 4.57 Å². The Morgan fingerprint density at radius 2 is 0.625 bits per heavy atom. The van der Waals surface area contributed by atoms with E-state index in [1.165, 1.54) is 0 Å². The van der Waals surface area contributed by atoms with Crippen molar-refractivity contribution >= 4 is 67.6 Å². The molecule has 0 amide bonds. The third-order valence-corrected chi connectivity index (χ3v) is 8.18. The second-order valence-corrected chi connectivity index (χ2v) is 11.5. The van der Waals surface area contributed by atoms with E-state index < -0.39 is 0 Å². The lowest BCUT2D eigenvalue weighted by Crippen LogP contribution is -2.33.